The molecule has 1 aromatic carbocycles. The fourth-order valence-electron chi connectivity index (χ4n) is 2.85. The molecule has 1 aliphatic heterocycles. The highest BCUT2D eigenvalue weighted by atomic mass is 16.5. The van der Waals surface area contributed by atoms with Crippen molar-refractivity contribution >= 4 is 12.0 Å². The molecule has 2 rings (SSSR count). The molecule has 4 heteroatoms. The Bertz CT molecular complexity index is 667. The van der Waals surface area contributed by atoms with E-state index in [0.29, 0.717) is 23.3 Å². The average molecular weight is 360 g/mol. The second-order valence-electron chi connectivity index (χ2n) is 6.81. The van der Waals surface area contributed by atoms with Gasteiger partial charge in [-0.2, -0.15) is 0 Å². The van der Waals surface area contributed by atoms with Crippen LogP contribution in [0.25, 0.3) is 6.08 Å². The molecule has 0 spiro atoms. The predicted octanol–water partition coefficient (Wildman–Crippen LogP) is 5.98. The van der Waals surface area contributed by atoms with E-state index < -0.39 is 5.97 Å². The molecule has 0 saturated heterocycles. The number of aromatic hydroxyl groups is 1. The Morgan fingerprint density at radius 3 is 2.46 bits per heavy atom. The Balaban J connectivity index is 0.000000487. The number of benzene rings is 1. The highest BCUT2D eigenvalue weighted by Gasteiger charge is 2.24. The number of allylic oxidation sites excluding steroid dienone is 2. The molecule has 1 atom stereocenters. The largest absolute Gasteiger partial charge is 0.506 e. The van der Waals surface area contributed by atoms with Crippen LogP contribution in [0, 0.1) is 0 Å². The van der Waals surface area contributed by atoms with E-state index in [-0.39, 0.29) is 17.4 Å². The number of fused-ring (bicyclic) bond motifs is 1. The van der Waals surface area contributed by atoms with E-state index in [1.807, 2.05) is 6.92 Å². The second kappa shape index (κ2) is 10.7. The lowest BCUT2D eigenvalue weighted by atomic mass is 9.95. The van der Waals surface area contributed by atoms with E-state index in [1.165, 1.54) is 12.0 Å². The number of unbranched alkanes of at least 4 members (excludes halogenated alkanes) is 2. The van der Waals surface area contributed by atoms with Gasteiger partial charge < -0.3 is 14.9 Å². The van der Waals surface area contributed by atoms with Crippen molar-refractivity contribution < 1.29 is 19.7 Å². The molecule has 1 heterocycles. The number of carboxylic acids is 1. The normalized spacial score (nSPS) is 14.6. The fourth-order valence-corrected chi connectivity index (χ4v) is 2.85. The number of hydrogen-bond acceptors (Lipinski definition) is 3. The summed E-state index contributed by atoms with van der Waals surface area (Å²) >= 11 is 0. The van der Waals surface area contributed by atoms with E-state index in [2.05, 4.69) is 33.8 Å². The summed E-state index contributed by atoms with van der Waals surface area (Å²) in [6.45, 7) is 10.4. The van der Waals surface area contributed by atoms with Crippen LogP contribution < -0.4 is 4.74 Å². The van der Waals surface area contributed by atoms with Gasteiger partial charge in [-0.05, 0) is 63.8 Å². The molecule has 0 aromatic heterocycles. The minimum atomic E-state index is -1.09. The molecule has 2 N–H and O–H groups in total. The van der Waals surface area contributed by atoms with Crippen molar-refractivity contribution in [2.45, 2.75) is 72.8 Å². The molecule has 0 fully saturated rings. The van der Waals surface area contributed by atoms with Gasteiger partial charge in [0.15, 0.2) is 0 Å². The Morgan fingerprint density at radius 1 is 1.27 bits per heavy atom. The SMILES string of the molecule is CCC=C(C)C.CCCCCc1cc2c(c(O)c1C(=O)O)C=CC(C)O2. The molecule has 0 aliphatic carbocycles. The van der Waals surface area contributed by atoms with E-state index in [9.17, 15) is 15.0 Å². The summed E-state index contributed by atoms with van der Waals surface area (Å²) in [6.07, 6.45) is 10.5. The minimum absolute atomic E-state index is 0.00246. The number of aryl methyl sites for hydroxylation is 1. The van der Waals surface area contributed by atoms with Crippen molar-refractivity contribution in [3.8, 4) is 11.5 Å². The van der Waals surface area contributed by atoms with E-state index in [4.69, 9.17) is 4.74 Å². The Labute approximate surface area is 157 Å². The van der Waals surface area contributed by atoms with Gasteiger partial charge in [-0.3, -0.25) is 0 Å². The first kappa shape index (κ1) is 21.8. The van der Waals surface area contributed by atoms with Crippen LogP contribution in [0.15, 0.2) is 23.8 Å². The first-order valence-corrected chi connectivity index (χ1v) is 9.42. The Morgan fingerprint density at radius 2 is 1.96 bits per heavy atom. The maximum atomic E-state index is 11.4. The first-order chi connectivity index (χ1) is 12.3. The van der Waals surface area contributed by atoms with Crippen LogP contribution in [0.2, 0.25) is 0 Å². The number of phenols is 1. The number of carboxylic acid groups (broad SMARTS) is 1. The smallest absolute Gasteiger partial charge is 0.339 e. The predicted molar refractivity (Wildman–Crippen MR) is 107 cm³/mol. The summed E-state index contributed by atoms with van der Waals surface area (Å²) in [4.78, 5) is 11.4. The molecule has 0 amide bonds. The lowest BCUT2D eigenvalue weighted by molar-refractivity contribution is 0.0692. The topological polar surface area (TPSA) is 66.8 Å². The molecule has 0 saturated carbocycles. The van der Waals surface area contributed by atoms with Crippen molar-refractivity contribution in [1.82, 2.24) is 0 Å². The molecule has 4 nitrogen and oxygen atoms in total. The van der Waals surface area contributed by atoms with Crippen molar-refractivity contribution in [1.29, 1.82) is 0 Å². The van der Waals surface area contributed by atoms with Crippen molar-refractivity contribution in [3.05, 3.63) is 40.5 Å². The maximum Gasteiger partial charge on any atom is 0.339 e. The van der Waals surface area contributed by atoms with E-state index in [1.54, 1.807) is 18.2 Å². The highest BCUT2D eigenvalue weighted by molar-refractivity contribution is 5.95. The average Bonchev–Trinajstić information content (AvgIpc) is 2.55. The third-order valence-electron chi connectivity index (χ3n) is 4.11. The monoisotopic (exact) mass is 360 g/mol. The summed E-state index contributed by atoms with van der Waals surface area (Å²) in [5.74, 6) is -0.720. The molecule has 1 aliphatic rings. The molecule has 144 valence electrons. The molecule has 1 unspecified atom stereocenters. The molecule has 1 aromatic rings. The second-order valence-corrected chi connectivity index (χ2v) is 6.81. The molecule has 0 radical (unpaired) electrons. The zero-order valence-corrected chi connectivity index (χ0v) is 16.6. The molecular weight excluding hydrogens is 328 g/mol. The third kappa shape index (κ3) is 6.25. The van der Waals surface area contributed by atoms with Gasteiger partial charge >= 0.3 is 5.97 Å². The summed E-state index contributed by atoms with van der Waals surface area (Å²) in [5.41, 5.74) is 2.52. The van der Waals surface area contributed by atoms with Crippen LogP contribution in [-0.2, 0) is 6.42 Å². The zero-order valence-electron chi connectivity index (χ0n) is 16.6. The standard InChI is InChI=1S/C16H20O4.C6H12/c1-3-4-5-6-11-9-13-12(8-7-10(2)20-13)15(17)14(11)16(18)19;1-4-5-6(2)3/h7-10,17H,3-6H2,1-2H3,(H,18,19);5H,4H2,1-3H3. The van der Waals surface area contributed by atoms with Gasteiger partial charge in [0.25, 0.3) is 0 Å². The Hall–Kier alpha value is -2.23. The summed E-state index contributed by atoms with van der Waals surface area (Å²) in [5, 5.41) is 19.5. The van der Waals surface area contributed by atoms with Crippen LogP contribution in [0.3, 0.4) is 0 Å². The highest BCUT2D eigenvalue weighted by Crippen LogP contribution is 2.38. The van der Waals surface area contributed by atoms with E-state index in [0.717, 1.165) is 19.3 Å². The fraction of sp³-hybridized carbons (Fsp3) is 0.500. The molecular formula is C22H32O4. The Kier molecular flexibility index (Phi) is 8.97. The van der Waals surface area contributed by atoms with Crippen molar-refractivity contribution in [3.63, 3.8) is 0 Å². The number of ether oxygens (including phenoxy) is 1. The van der Waals surface area contributed by atoms with Crippen molar-refractivity contribution in [2.24, 2.45) is 0 Å². The van der Waals surface area contributed by atoms with Crippen LogP contribution in [0.5, 0.6) is 11.5 Å². The van der Waals surface area contributed by atoms with Crippen LogP contribution >= 0.6 is 0 Å². The molecule has 26 heavy (non-hydrogen) atoms. The zero-order chi connectivity index (χ0) is 19.7. The van der Waals surface area contributed by atoms with Crippen molar-refractivity contribution in [2.75, 3.05) is 0 Å². The van der Waals surface area contributed by atoms with Crippen LogP contribution in [-0.4, -0.2) is 22.3 Å². The lowest BCUT2D eigenvalue weighted by Crippen LogP contribution is -2.14. The van der Waals surface area contributed by atoms with Crippen LogP contribution in [0.4, 0.5) is 0 Å². The number of carbonyl (C=O) groups is 1. The van der Waals surface area contributed by atoms with Gasteiger partial charge in [-0.25, -0.2) is 4.79 Å². The van der Waals surface area contributed by atoms with Gasteiger partial charge in [-0.1, -0.05) is 38.3 Å². The van der Waals surface area contributed by atoms with Crippen LogP contribution in [0.1, 0.15) is 81.8 Å². The number of aromatic carboxylic acids is 1. The van der Waals surface area contributed by atoms with E-state index >= 15 is 0 Å². The first-order valence-electron chi connectivity index (χ1n) is 9.42. The van der Waals surface area contributed by atoms with Gasteiger partial charge in [0.05, 0.1) is 5.56 Å². The number of hydrogen-bond donors (Lipinski definition) is 2. The summed E-state index contributed by atoms with van der Waals surface area (Å²) < 4.78 is 5.65. The molecule has 0 bridgehead atoms. The minimum Gasteiger partial charge on any atom is -0.506 e. The van der Waals surface area contributed by atoms with Gasteiger partial charge in [0.1, 0.15) is 23.2 Å². The van der Waals surface area contributed by atoms with Gasteiger partial charge in [0, 0.05) is 0 Å². The van der Waals surface area contributed by atoms with Gasteiger partial charge in [-0.15, -0.1) is 0 Å². The maximum absolute atomic E-state index is 11.4. The van der Waals surface area contributed by atoms with Gasteiger partial charge in [0.2, 0.25) is 0 Å². The third-order valence-corrected chi connectivity index (χ3v) is 4.11. The summed E-state index contributed by atoms with van der Waals surface area (Å²) in [6, 6.07) is 1.76. The quantitative estimate of drug-likeness (QED) is 0.484. The summed E-state index contributed by atoms with van der Waals surface area (Å²) in [7, 11) is 0. The lowest BCUT2D eigenvalue weighted by Gasteiger charge is -2.21. The number of rotatable bonds is 6.